The first-order chi connectivity index (χ1) is 12.4. The maximum Gasteiger partial charge on any atom is 0.418 e. The van der Waals surface area contributed by atoms with E-state index in [4.69, 9.17) is 0 Å². The third-order valence-corrected chi connectivity index (χ3v) is 5.23. The Balaban J connectivity index is 1.88. The van der Waals surface area contributed by atoms with Crippen LogP contribution in [0.1, 0.15) is 45.4 Å². The highest BCUT2D eigenvalue weighted by molar-refractivity contribution is 5.90. The third kappa shape index (κ3) is 2.57. The molecule has 1 aliphatic carbocycles. The minimum absolute atomic E-state index is 0.0218. The SMILES string of the molecule is O=C(O)c1ccccc1[C@@H]1Nc2c(cccc2C(F)(F)F)[C@H]2C=CC[C@@H]21. The van der Waals surface area contributed by atoms with E-state index < -0.39 is 23.8 Å². The van der Waals surface area contributed by atoms with Gasteiger partial charge in [0.25, 0.3) is 0 Å². The number of alkyl halides is 3. The van der Waals surface area contributed by atoms with Crippen LogP contribution in [0.3, 0.4) is 0 Å². The number of anilines is 1. The van der Waals surface area contributed by atoms with E-state index in [-0.39, 0.29) is 23.1 Å². The third-order valence-electron chi connectivity index (χ3n) is 5.23. The molecule has 2 aromatic carbocycles. The average Bonchev–Trinajstić information content (AvgIpc) is 3.09. The van der Waals surface area contributed by atoms with Gasteiger partial charge in [-0.15, -0.1) is 0 Å². The van der Waals surface area contributed by atoms with E-state index in [9.17, 15) is 23.1 Å². The van der Waals surface area contributed by atoms with Gasteiger partial charge in [-0.25, -0.2) is 4.79 Å². The van der Waals surface area contributed by atoms with Gasteiger partial charge in [0.2, 0.25) is 0 Å². The molecule has 0 saturated carbocycles. The van der Waals surface area contributed by atoms with E-state index >= 15 is 0 Å². The number of halogens is 3. The van der Waals surface area contributed by atoms with Crippen LogP contribution in [0.4, 0.5) is 18.9 Å². The summed E-state index contributed by atoms with van der Waals surface area (Å²) in [6, 6.07) is 10.2. The molecule has 26 heavy (non-hydrogen) atoms. The van der Waals surface area contributed by atoms with E-state index in [1.54, 1.807) is 24.3 Å². The van der Waals surface area contributed by atoms with Gasteiger partial charge in [0.15, 0.2) is 0 Å². The molecule has 1 heterocycles. The van der Waals surface area contributed by atoms with Gasteiger partial charge >= 0.3 is 12.1 Å². The Morgan fingerprint density at radius 2 is 1.81 bits per heavy atom. The van der Waals surface area contributed by atoms with Crippen LogP contribution in [0.15, 0.2) is 54.6 Å². The molecule has 134 valence electrons. The fraction of sp³-hybridized carbons (Fsp3) is 0.250. The Bertz CT molecular complexity index is 904. The van der Waals surface area contributed by atoms with Crippen molar-refractivity contribution in [3.05, 3.63) is 76.9 Å². The summed E-state index contributed by atoms with van der Waals surface area (Å²) in [4.78, 5) is 11.6. The monoisotopic (exact) mass is 359 g/mol. The first-order valence-electron chi connectivity index (χ1n) is 8.33. The second-order valence-corrected chi connectivity index (χ2v) is 6.64. The molecule has 2 aromatic rings. The summed E-state index contributed by atoms with van der Waals surface area (Å²) in [7, 11) is 0. The number of hydrogen-bond donors (Lipinski definition) is 2. The number of carbonyl (C=O) groups is 1. The molecule has 2 aliphatic rings. The highest BCUT2D eigenvalue weighted by atomic mass is 19.4. The zero-order chi connectivity index (χ0) is 18.5. The van der Waals surface area contributed by atoms with Crippen LogP contribution in [0.5, 0.6) is 0 Å². The van der Waals surface area contributed by atoms with E-state index in [1.807, 2.05) is 12.2 Å². The predicted molar refractivity (Wildman–Crippen MR) is 91.2 cm³/mol. The number of nitrogens with one attached hydrogen (secondary N) is 1. The van der Waals surface area contributed by atoms with Gasteiger partial charge in [-0.2, -0.15) is 13.2 Å². The van der Waals surface area contributed by atoms with Gasteiger partial charge in [-0.05, 0) is 35.6 Å². The number of benzene rings is 2. The van der Waals surface area contributed by atoms with Gasteiger partial charge < -0.3 is 10.4 Å². The largest absolute Gasteiger partial charge is 0.478 e. The van der Waals surface area contributed by atoms with Crippen LogP contribution in [-0.4, -0.2) is 11.1 Å². The second-order valence-electron chi connectivity index (χ2n) is 6.64. The van der Waals surface area contributed by atoms with Crippen molar-refractivity contribution in [1.82, 2.24) is 0 Å². The van der Waals surface area contributed by atoms with Crippen LogP contribution >= 0.6 is 0 Å². The van der Waals surface area contributed by atoms with Crippen molar-refractivity contribution in [3.63, 3.8) is 0 Å². The Hall–Kier alpha value is -2.76. The van der Waals surface area contributed by atoms with Gasteiger partial charge in [0.1, 0.15) is 0 Å². The lowest BCUT2D eigenvalue weighted by atomic mass is 9.75. The fourth-order valence-electron chi connectivity index (χ4n) is 4.13. The first kappa shape index (κ1) is 16.7. The minimum Gasteiger partial charge on any atom is -0.478 e. The number of aromatic carboxylic acids is 1. The smallest absolute Gasteiger partial charge is 0.418 e. The number of carboxylic acids is 1. The molecule has 0 fully saturated rings. The van der Waals surface area contributed by atoms with Crippen LogP contribution < -0.4 is 5.32 Å². The number of hydrogen-bond acceptors (Lipinski definition) is 2. The number of carboxylic acid groups (broad SMARTS) is 1. The van der Waals surface area contributed by atoms with Crippen molar-refractivity contribution in [2.75, 3.05) is 5.32 Å². The summed E-state index contributed by atoms with van der Waals surface area (Å²) >= 11 is 0. The fourth-order valence-corrected chi connectivity index (χ4v) is 4.13. The van der Waals surface area contributed by atoms with Crippen LogP contribution in [-0.2, 0) is 6.18 Å². The summed E-state index contributed by atoms with van der Waals surface area (Å²) in [5.74, 6) is -1.27. The van der Waals surface area contributed by atoms with Crippen molar-refractivity contribution >= 4 is 11.7 Å². The predicted octanol–water partition coefficient (Wildman–Crippen LogP) is 5.23. The van der Waals surface area contributed by atoms with E-state index in [0.717, 1.165) is 6.07 Å². The highest BCUT2D eigenvalue weighted by Gasteiger charge is 2.43. The summed E-state index contributed by atoms with van der Waals surface area (Å²) in [6.07, 6.45) is 0.0972. The summed E-state index contributed by atoms with van der Waals surface area (Å²) in [5.41, 5.74) is 0.581. The lowest BCUT2D eigenvalue weighted by Gasteiger charge is -2.39. The quantitative estimate of drug-likeness (QED) is 0.722. The van der Waals surface area contributed by atoms with Crippen LogP contribution in [0, 0.1) is 5.92 Å². The maximum atomic E-state index is 13.5. The summed E-state index contributed by atoms with van der Waals surface area (Å²) in [5, 5.41) is 12.5. The topological polar surface area (TPSA) is 49.3 Å². The molecule has 6 heteroatoms. The van der Waals surface area contributed by atoms with Gasteiger partial charge in [0, 0.05) is 5.92 Å². The standard InChI is InChI=1S/C20H16F3NO2/c21-20(22,23)16-10-4-9-13-11-7-3-8-12(11)17(24-18(13)16)14-5-1-2-6-15(14)19(25)26/h1-7,9-12,17,24H,8H2,(H,25,26)/t11-,12-,17+/m0/s1. The zero-order valence-corrected chi connectivity index (χ0v) is 13.6. The zero-order valence-electron chi connectivity index (χ0n) is 13.6. The molecule has 3 atom stereocenters. The molecule has 0 bridgehead atoms. The molecule has 2 N–H and O–H groups in total. The molecule has 1 aliphatic heterocycles. The molecule has 4 rings (SSSR count). The minimum atomic E-state index is -4.48. The average molecular weight is 359 g/mol. The van der Waals surface area contributed by atoms with E-state index in [2.05, 4.69) is 5.32 Å². The van der Waals surface area contributed by atoms with Crippen molar-refractivity contribution in [2.45, 2.75) is 24.6 Å². The molecule has 3 nitrogen and oxygen atoms in total. The molecular formula is C20H16F3NO2. The Labute approximate surface area is 148 Å². The summed E-state index contributed by atoms with van der Waals surface area (Å²) < 4.78 is 40.5. The second kappa shape index (κ2) is 5.90. The van der Waals surface area contributed by atoms with E-state index in [0.29, 0.717) is 17.5 Å². The molecule has 0 aromatic heterocycles. The Morgan fingerprint density at radius 1 is 1.08 bits per heavy atom. The molecular weight excluding hydrogens is 343 g/mol. The van der Waals surface area contributed by atoms with Crippen molar-refractivity contribution in [2.24, 2.45) is 5.92 Å². The van der Waals surface area contributed by atoms with E-state index in [1.165, 1.54) is 12.1 Å². The molecule has 0 unspecified atom stereocenters. The van der Waals surface area contributed by atoms with Gasteiger partial charge in [-0.1, -0.05) is 42.5 Å². The Morgan fingerprint density at radius 3 is 2.54 bits per heavy atom. The first-order valence-corrected chi connectivity index (χ1v) is 8.33. The Kier molecular flexibility index (Phi) is 3.79. The van der Waals surface area contributed by atoms with Crippen molar-refractivity contribution in [3.8, 4) is 0 Å². The lowest BCUT2D eigenvalue weighted by molar-refractivity contribution is -0.137. The van der Waals surface area contributed by atoms with Crippen molar-refractivity contribution in [1.29, 1.82) is 0 Å². The highest BCUT2D eigenvalue weighted by Crippen LogP contribution is 2.52. The molecule has 0 radical (unpaired) electrons. The number of fused-ring (bicyclic) bond motifs is 3. The van der Waals surface area contributed by atoms with Crippen LogP contribution in [0.2, 0.25) is 0 Å². The maximum absolute atomic E-state index is 13.5. The lowest BCUT2D eigenvalue weighted by Crippen LogP contribution is -2.31. The number of rotatable bonds is 2. The molecule has 0 saturated heterocycles. The van der Waals surface area contributed by atoms with Crippen molar-refractivity contribution < 1.29 is 23.1 Å². The van der Waals surface area contributed by atoms with Gasteiger partial charge in [-0.3, -0.25) is 0 Å². The molecule has 0 amide bonds. The van der Waals surface area contributed by atoms with Crippen LogP contribution in [0.25, 0.3) is 0 Å². The molecule has 0 spiro atoms. The van der Waals surface area contributed by atoms with Gasteiger partial charge in [0.05, 0.1) is 22.9 Å². The summed E-state index contributed by atoms with van der Waals surface area (Å²) in [6.45, 7) is 0. The number of para-hydroxylation sites is 1. The number of allylic oxidation sites excluding steroid dienone is 2. The normalized spacial score (nSPS) is 23.9.